The molecule has 1 aromatic heterocycles. The van der Waals surface area contributed by atoms with E-state index in [2.05, 4.69) is 16.8 Å². The molecular weight excluding hydrogens is 362 g/mol. The van der Waals surface area contributed by atoms with Crippen LogP contribution in [-0.2, 0) is 17.9 Å². The molecule has 1 aromatic carbocycles. The van der Waals surface area contributed by atoms with Gasteiger partial charge in [-0.1, -0.05) is 30.0 Å². The molecule has 25 heavy (non-hydrogen) atoms. The van der Waals surface area contributed by atoms with Crippen molar-refractivity contribution in [3.63, 3.8) is 0 Å². The summed E-state index contributed by atoms with van der Waals surface area (Å²) in [6.07, 6.45) is 1.76. The van der Waals surface area contributed by atoms with Crippen LogP contribution in [0.2, 0.25) is 0 Å². The number of anilines is 1. The molecule has 0 fully saturated rings. The molecule has 0 bridgehead atoms. The molecule has 0 unspecified atom stereocenters. The molecule has 2 aromatic rings. The number of carbonyl (C=O) groups is 1. The summed E-state index contributed by atoms with van der Waals surface area (Å²) >= 11 is 1.35. The van der Waals surface area contributed by atoms with Crippen molar-refractivity contribution in [2.45, 2.75) is 18.2 Å². The zero-order valence-electron chi connectivity index (χ0n) is 13.6. The fraction of sp³-hybridized carbons (Fsp3) is 0.312. The van der Waals surface area contributed by atoms with Gasteiger partial charge in [0.2, 0.25) is 5.91 Å². The molecule has 7 nitrogen and oxygen atoms in total. The van der Waals surface area contributed by atoms with E-state index in [1.165, 1.54) is 11.8 Å². The number of carbonyl (C=O) groups excluding carboxylic acids is 1. The number of benzene rings is 1. The van der Waals surface area contributed by atoms with Gasteiger partial charge in [-0.15, -0.1) is 29.2 Å². The summed E-state index contributed by atoms with van der Waals surface area (Å²) in [5.74, 6) is 1.70. The van der Waals surface area contributed by atoms with Crippen LogP contribution in [0.15, 0.2) is 42.1 Å². The van der Waals surface area contributed by atoms with Gasteiger partial charge in [-0.05, 0) is 12.1 Å². The maximum Gasteiger partial charge on any atom is 0.237 e. The summed E-state index contributed by atoms with van der Waals surface area (Å²) < 4.78 is 7.46. The summed E-state index contributed by atoms with van der Waals surface area (Å²) in [6, 6.07) is 7.56. The first-order chi connectivity index (χ1) is 11.7. The fourth-order valence-electron chi connectivity index (χ4n) is 2.52. The number of ether oxygens (including phenoxy) is 1. The molecule has 0 aliphatic carbocycles. The molecule has 0 saturated carbocycles. The third kappa shape index (κ3) is 4.15. The van der Waals surface area contributed by atoms with Gasteiger partial charge in [0.1, 0.15) is 18.2 Å². The van der Waals surface area contributed by atoms with Gasteiger partial charge in [0.25, 0.3) is 0 Å². The maximum absolute atomic E-state index is 12.6. The Morgan fingerprint density at radius 3 is 2.96 bits per heavy atom. The number of nitrogens with zero attached hydrogens (tertiary/aromatic N) is 4. The number of fused-ring (bicyclic) bond motifs is 1. The van der Waals surface area contributed by atoms with Crippen LogP contribution >= 0.6 is 24.2 Å². The minimum absolute atomic E-state index is 0. The Hall–Kier alpha value is -2.03. The van der Waals surface area contributed by atoms with Crippen LogP contribution in [0.3, 0.4) is 0 Å². The number of halogens is 1. The van der Waals surface area contributed by atoms with Crippen LogP contribution in [0, 0.1) is 0 Å². The van der Waals surface area contributed by atoms with Gasteiger partial charge in [-0.3, -0.25) is 4.79 Å². The zero-order valence-corrected chi connectivity index (χ0v) is 15.3. The molecular formula is C16H20ClN5O2S. The standard InChI is InChI=1S/C16H19N5O2S.ClH/c1-2-7-21-14(10-17)18-19-16(21)24-11-15(22)20-8-9-23-13-6-4-3-5-12(13)20;/h2-6H,1,7-11,17H2;1H. The molecule has 2 heterocycles. The van der Waals surface area contributed by atoms with Crippen molar-refractivity contribution in [2.24, 2.45) is 5.73 Å². The van der Waals surface area contributed by atoms with Gasteiger partial charge in [0.05, 0.1) is 24.5 Å². The number of hydrogen-bond acceptors (Lipinski definition) is 6. The molecule has 134 valence electrons. The average Bonchev–Trinajstić information content (AvgIpc) is 3.01. The Balaban J connectivity index is 0.00000225. The normalized spacial score (nSPS) is 12.8. The molecule has 1 aliphatic rings. The lowest BCUT2D eigenvalue weighted by Gasteiger charge is -2.29. The van der Waals surface area contributed by atoms with Gasteiger partial charge in [-0.25, -0.2) is 0 Å². The molecule has 0 saturated heterocycles. The van der Waals surface area contributed by atoms with Crippen LogP contribution < -0.4 is 15.4 Å². The van der Waals surface area contributed by atoms with E-state index in [0.717, 1.165) is 11.4 Å². The topological polar surface area (TPSA) is 86.3 Å². The number of aromatic nitrogens is 3. The molecule has 9 heteroatoms. The Morgan fingerprint density at radius 2 is 2.20 bits per heavy atom. The van der Waals surface area contributed by atoms with Crippen molar-refractivity contribution in [1.29, 1.82) is 0 Å². The number of para-hydroxylation sites is 2. The lowest BCUT2D eigenvalue weighted by atomic mass is 10.2. The lowest BCUT2D eigenvalue weighted by Crippen LogP contribution is -2.39. The van der Waals surface area contributed by atoms with Crippen molar-refractivity contribution in [1.82, 2.24) is 14.8 Å². The van der Waals surface area contributed by atoms with E-state index in [1.54, 1.807) is 11.0 Å². The second-order valence-electron chi connectivity index (χ2n) is 5.15. The van der Waals surface area contributed by atoms with Crippen LogP contribution in [0.1, 0.15) is 5.82 Å². The van der Waals surface area contributed by atoms with Gasteiger partial charge in [-0.2, -0.15) is 0 Å². The number of amides is 1. The van der Waals surface area contributed by atoms with Crippen LogP contribution in [-0.4, -0.2) is 39.6 Å². The summed E-state index contributed by atoms with van der Waals surface area (Å²) in [5.41, 5.74) is 6.47. The molecule has 0 radical (unpaired) electrons. The zero-order chi connectivity index (χ0) is 16.9. The van der Waals surface area contributed by atoms with Crippen molar-refractivity contribution in [3.8, 4) is 5.75 Å². The Kier molecular flexibility index (Phi) is 6.86. The molecule has 0 spiro atoms. The van der Waals surface area contributed by atoms with Crippen molar-refractivity contribution in [3.05, 3.63) is 42.7 Å². The summed E-state index contributed by atoms with van der Waals surface area (Å²) in [6.45, 7) is 5.64. The van der Waals surface area contributed by atoms with E-state index < -0.39 is 0 Å². The Bertz CT molecular complexity index is 752. The highest BCUT2D eigenvalue weighted by atomic mass is 35.5. The number of thioether (sulfide) groups is 1. The van der Waals surface area contributed by atoms with Crippen molar-refractivity contribution >= 4 is 35.8 Å². The second-order valence-corrected chi connectivity index (χ2v) is 6.09. The first-order valence-electron chi connectivity index (χ1n) is 7.62. The Morgan fingerprint density at radius 1 is 1.40 bits per heavy atom. The molecule has 3 rings (SSSR count). The molecule has 2 N–H and O–H groups in total. The average molecular weight is 382 g/mol. The first kappa shape index (κ1) is 19.3. The summed E-state index contributed by atoms with van der Waals surface area (Å²) in [4.78, 5) is 14.4. The van der Waals surface area contributed by atoms with Crippen molar-refractivity contribution < 1.29 is 9.53 Å². The van der Waals surface area contributed by atoms with E-state index in [-0.39, 0.29) is 24.1 Å². The highest BCUT2D eigenvalue weighted by Crippen LogP contribution is 2.31. The SMILES string of the molecule is C=CCn1c(CN)nnc1SCC(=O)N1CCOc2ccccc21.Cl. The third-order valence-corrected chi connectivity index (χ3v) is 4.59. The maximum atomic E-state index is 12.6. The van der Waals surface area contributed by atoms with Crippen LogP contribution in [0.5, 0.6) is 5.75 Å². The van der Waals surface area contributed by atoms with E-state index in [0.29, 0.717) is 37.2 Å². The van der Waals surface area contributed by atoms with Gasteiger partial charge < -0.3 is 19.9 Å². The first-order valence-corrected chi connectivity index (χ1v) is 8.61. The monoisotopic (exact) mass is 381 g/mol. The van der Waals surface area contributed by atoms with Crippen LogP contribution in [0.4, 0.5) is 5.69 Å². The molecule has 1 amide bonds. The predicted octanol–water partition coefficient (Wildman–Crippen LogP) is 1.86. The van der Waals surface area contributed by atoms with Gasteiger partial charge in [0, 0.05) is 6.54 Å². The van der Waals surface area contributed by atoms with Crippen LogP contribution in [0.25, 0.3) is 0 Å². The molecule has 1 aliphatic heterocycles. The highest BCUT2D eigenvalue weighted by molar-refractivity contribution is 7.99. The minimum Gasteiger partial charge on any atom is -0.490 e. The Labute approximate surface area is 156 Å². The summed E-state index contributed by atoms with van der Waals surface area (Å²) in [7, 11) is 0. The predicted molar refractivity (Wildman–Crippen MR) is 100 cm³/mol. The van der Waals surface area contributed by atoms with Gasteiger partial charge in [0.15, 0.2) is 5.16 Å². The minimum atomic E-state index is 0. The van der Waals surface area contributed by atoms with Crippen molar-refractivity contribution in [2.75, 3.05) is 23.8 Å². The van der Waals surface area contributed by atoms with E-state index in [1.807, 2.05) is 28.8 Å². The number of hydrogen-bond donors (Lipinski definition) is 1. The van der Waals surface area contributed by atoms with E-state index in [4.69, 9.17) is 10.5 Å². The van der Waals surface area contributed by atoms with E-state index >= 15 is 0 Å². The third-order valence-electron chi connectivity index (χ3n) is 3.64. The second kappa shape index (κ2) is 8.89. The highest BCUT2D eigenvalue weighted by Gasteiger charge is 2.24. The number of nitrogens with two attached hydrogens (primary N) is 1. The number of rotatable bonds is 6. The molecule has 0 atom stereocenters. The largest absolute Gasteiger partial charge is 0.490 e. The quantitative estimate of drug-likeness (QED) is 0.607. The van der Waals surface area contributed by atoms with E-state index in [9.17, 15) is 4.79 Å². The van der Waals surface area contributed by atoms with Gasteiger partial charge >= 0.3 is 0 Å². The fourth-order valence-corrected chi connectivity index (χ4v) is 3.36. The lowest BCUT2D eigenvalue weighted by molar-refractivity contribution is -0.116. The summed E-state index contributed by atoms with van der Waals surface area (Å²) in [5, 5.41) is 8.85. The smallest absolute Gasteiger partial charge is 0.237 e. The number of allylic oxidation sites excluding steroid dienone is 1.